The summed E-state index contributed by atoms with van der Waals surface area (Å²) in [6.07, 6.45) is 0.108. The third kappa shape index (κ3) is 3.89. The van der Waals surface area contributed by atoms with Crippen LogP contribution in [0.3, 0.4) is 0 Å². The maximum Gasteiger partial charge on any atom is 0.0879 e. The molecule has 1 atom stereocenters. The number of benzene rings is 1. The molecule has 4 nitrogen and oxygen atoms in total. The van der Waals surface area contributed by atoms with Gasteiger partial charge in [-0.3, -0.25) is 0 Å². The number of anilines is 2. The fourth-order valence-corrected chi connectivity index (χ4v) is 3.08. The van der Waals surface area contributed by atoms with Crippen LogP contribution in [0.25, 0.3) is 0 Å². The summed E-state index contributed by atoms with van der Waals surface area (Å²) in [5.74, 6) is 0. The van der Waals surface area contributed by atoms with Crippen molar-refractivity contribution in [1.82, 2.24) is 0 Å². The first kappa shape index (κ1) is 16.1. The minimum atomic E-state index is -0.153. The first-order valence-electron chi connectivity index (χ1n) is 7.97. The van der Waals surface area contributed by atoms with Gasteiger partial charge in [-0.1, -0.05) is 0 Å². The Hall–Kier alpha value is -1.26. The van der Waals surface area contributed by atoms with E-state index in [0.29, 0.717) is 6.54 Å². The fourth-order valence-electron chi connectivity index (χ4n) is 3.08. The molecule has 4 heteroatoms. The second-order valence-corrected chi connectivity index (χ2v) is 6.30. The number of hydrogen-bond donors (Lipinski definition) is 1. The maximum atomic E-state index is 6.00. The minimum absolute atomic E-state index is 0.108. The largest absolute Gasteiger partial charge is 0.372 e. The van der Waals surface area contributed by atoms with Gasteiger partial charge in [-0.05, 0) is 52.0 Å². The van der Waals surface area contributed by atoms with Crippen molar-refractivity contribution < 1.29 is 4.74 Å². The summed E-state index contributed by atoms with van der Waals surface area (Å²) in [4.78, 5) is 4.74. The van der Waals surface area contributed by atoms with E-state index in [1.165, 1.54) is 11.4 Å². The first-order valence-corrected chi connectivity index (χ1v) is 7.97. The van der Waals surface area contributed by atoms with E-state index in [9.17, 15) is 0 Å². The quantitative estimate of drug-likeness (QED) is 0.905. The van der Waals surface area contributed by atoms with Crippen molar-refractivity contribution in [3.05, 3.63) is 24.3 Å². The van der Waals surface area contributed by atoms with Crippen molar-refractivity contribution in [2.75, 3.05) is 42.5 Å². The lowest BCUT2D eigenvalue weighted by molar-refractivity contribution is -0.0788. The van der Waals surface area contributed by atoms with Crippen molar-refractivity contribution in [3.8, 4) is 0 Å². The molecule has 1 unspecified atom stereocenters. The van der Waals surface area contributed by atoms with Gasteiger partial charge >= 0.3 is 0 Å². The molecule has 21 heavy (non-hydrogen) atoms. The highest BCUT2D eigenvalue weighted by molar-refractivity contribution is 5.56. The molecule has 0 aliphatic carbocycles. The van der Waals surface area contributed by atoms with Crippen molar-refractivity contribution in [3.63, 3.8) is 0 Å². The first-order chi connectivity index (χ1) is 9.99. The molecule has 1 aliphatic heterocycles. The molecule has 2 rings (SSSR count). The summed E-state index contributed by atoms with van der Waals surface area (Å²) >= 11 is 0. The maximum absolute atomic E-state index is 6.00. The SMILES string of the molecule is CCN(CC)c1ccc(N2CC(CN)OC(C)(C)C2)cc1. The summed E-state index contributed by atoms with van der Waals surface area (Å²) in [7, 11) is 0. The lowest BCUT2D eigenvalue weighted by atomic mass is 10.0. The van der Waals surface area contributed by atoms with Crippen molar-refractivity contribution in [2.45, 2.75) is 39.4 Å². The lowest BCUT2D eigenvalue weighted by Gasteiger charge is -2.43. The summed E-state index contributed by atoms with van der Waals surface area (Å²) in [6, 6.07) is 8.84. The van der Waals surface area contributed by atoms with Gasteiger partial charge in [0.1, 0.15) is 0 Å². The zero-order valence-electron chi connectivity index (χ0n) is 13.8. The smallest absolute Gasteiger partial charge is 0.0879 e. The van der Waals surface area contributed by atoms with Crippen LogP contribution in [0.4, 0.5) is 11.4 Å². The van der Waals surface area contributed by atoms with Crippen LogP contribution in [0.2, 0.25) is 0 Å². The van der Waals surface area contributed by atoms with Crippen LogP contribution in [0.1, 0.15) is 27.7 Å². The van der Waals surface area contributed by atoms with E-state index in [1.54, 1.807) is 0 Å². The van der Waals surface area contributed by atoms with Gasteiger partial charge in [-0.25, -0.2) is 0 Å². The Kier molecular flexibility index (Phi) is 5.12. The van der Waals surface area contributed by atoms with Gasteiger partial charge in [-0.2, -0.15) is 0 Å². The van der Waals surface area contributed by atoms with Gasteiger partial charge in [0.05, 0.1) is 11.7 Å². The molecule has 0 radical (unpaired) electrons. The molecule has 0 saturated carbocycles. The van der Waals surface area contributed by atoms with E-state index in [1.807, 2.05) is 0 Å². The molecule has 1 heterocycles. The number of rotatable bonds is 5. The summed E-state index contributed by atoms with van der Waals surface area (Å²) in [5.41, 5.74) is 8.19. The predicted octanol–water partition coefficient (Wildman–Crippen LogP) is 2.48. The van der Waals surface area contributed by atoms with Gasteiger partial charge < -0.3 is 20.3 Å². The molecule has 0 amide bonds. The van der Waals surface area contributed by atoms with Crippen molar-refractivity contribution >= 4 is 11.4 Å². The molecular formula is C17H29N3O. The number of morpholine rings is 1. The third-order valence-corrected chi connectivity index (χ3v) is 4.09. The topological polar surface area (TPSA) is 41.7 Å². The van der Waals surface area contributed by atoms with Gasteiger partial charge in [0.25, 0.3) is 0 Å². The van der Waals surface area contributed by atoms with E-state index >= 15 is 0 Å². The van der Waals surface area contributed by atoms with Crippen LogP contribution in [0.15, 0.2) is 24.3 Å². The number of nitrogens with two attached hydrogens (primary N) is 1. The van der Waals surface area contributed by atoms with Crippen LogP contribution < -0.4 is 15.5 Å². The third-order valence-electron chi connectivity index (χ3n) is 4.09. The highest BCUT2D eigenvalue weighted by Gasteiger charge is 2.32. The molecule has 0 aromatic heterocycles. The zero-order valence-corrected chi connectivity index (χ0v) is 13.8. The Morgan fingerprint density at radius 1 is 1.24 bits per heavy atom. The average molecular weight is 291 g/mol. The van der Waals surface area contributed by atoms with Crippen molar-refractivity contribution in [2.24, 2.45) is 5.73 Å². The predicted molar refractivity (Wildman–Crippen MR) is 90.2 cm³/mol. The molecular weight excluding hydrogens is 262 g/mol. The Labute approximate surface area is 128 Å². The monoisotopic (exact) mass is 291 g/mol. The molecule has 2 N–H and O–H groups in total. The van der Waals surface area contributed by atoms with Crippen LogP contribution >= 0.6 is 0 Å². The number of ether oxygens (including phenoxy) is 1. The molecule has 1 fully saturated rings. The van der Waals surface area contributed by atoms with Gasteiger partial charge in [0.15, 0.2) is 0 Å². The van der Waals surface area contributed by atoms with Gasteiger partial charge in [0, 0.05) is 44.1 Å². The minimum Gasteiger partial charge on any atom is -0.372 e. The Bertz CT molecular complexity index is 440. The second-order valence-electron chi connectivity index (χ2n) is 6.30. The summed E-state index contributed by atoms with van der Waals surface area (Å²) in [5, 5.41) is 0. The number of nitrogens with zero attached hydrogens (tertiary/aromatic N) is 2. The second kappa shape index (κ2) is 6.67. The van der Waals surface area contributed by atoms with E-state index in [2.05, 4.69) is 61.8 Å². The van der Waals surface area contributed by atoms with E-state index in [0.717, 1.165) is 26.2 Å². The molecule has 1 aromatic carbocycles. The Balaban J connectivity index is 2.14. The van der Waals surface area contributed by atoms with Crippen LogP contribution in [-0.2, 0) is 4.74 Å². The summed E-state index contributed by atoms with van der Waals surface area (Å²) < 4.78 is 6.00. The van der Waals surface area contributed by atoms with E-state index in [4.69, 9.17) is 10.5 Å². The van der Waals surface area contributed by atoms with Crippen LogP contribution in [-0.4, -0.2) is 44.4 Å². The Morgan fingerprint density at radius 2 is 1.86 bits per heavy atom. The van der Waals surface area contributed by atoms with Crippen LogP contribution in [0, 0.1) is 0 Å². The van der Waals surface area contributed by atoms with Gasteiger partial charge in [-0.15, -0.1) is 0 Å². The van der Waals surface area contributed by atoms with Gasteiger partial charge in [0.2, 0.25) is 0 Å². The molecule has 1 saturated heterocycles. The highest BCUT2D eigenvalue weighted by atomic mass is 16.5. The van der Waals surface area contributed by atoms with E-state index < -0.39 is 0 Å². The van der Waals surface area contributed by atoms with Crippen LogP contribution in [0.5, 0.6) is 0 Å². The lowest BCUT2D eigenvalue weighted by Crippen LogP contribution is -2.54. The fraction of sp³-hybridized carbons (Fsp3) is 0.647. The normalized spacial score (nSPS) is 21.4. The molecule has 118 valence electrons. The molecule has 0 spiro atoms. The summed E-state index contributed by atoms with van der Waals surface area (Å²) in [6.45, 7) is 13.0. The standard InChI is InChI=1S/C17H29N3O/c1-5-19(6-2)14-7-9-15(10-8-14)20-12-16(11-18)21-17(3,4)13-20/h7-10,16H,5-6,11-13,18H2,1-4H3. The molecule has 0 bridgehead atoms. The van der Waals surface area contributed by atoms with E-state index in [-0.39, 0.29) is 11.7 Å². The highest BCUT2D eigenvalue weighted by Crippen LogP contribution is 2.27. The zero-order chi connectivity index (χ0) is 15.5. The Morgan fingerprint density at radius 3 is 2.38 bits per heavy atom. The van der Waals surface area contributed by atoms with Crippen molar-refractivity contribution in [1.29, 1.82) is 0 Å². The number of hydrogen-bond acceptors (Lipinski definition) is 4. The molecule has 1 aromatic rings. The average Bonchev–Trinajstić information content (AvgIpc) is 2.47. The molecule has 1 aliphatic rings.